The molecule has 1 atom stereocenters. The maximum absolute atomic E-state index is 5.23. The summed E-state index contributed by atoms with van der Waals surface area (Å²) in [5, 5.41) is 3.55. The van der Waals surface area contributed by atoms with Gasteiger partial charge < -0.3 is 19.5 Å². The fourth-order valence-electron chi connectivity index (χ4n) is 3.19. The average molecular weight is 280 g/mol. The predicted octanol–water partition coefficient (Wildman–Crippen LogP) is 2.38. The second-order valence-corrected chi connectivity index (χ2v) is 6.14. The van der Waals surface area contributed by atoms with Gasteiger partial charge in [0, 0.05) is 31.6 Å². The molecule has 0 spiro atoms. The Kier molecular flexibility index (Phi) is 5.05. The zero-order valence-corrected chi connectivity index (χ0v) is 13.2. The van der Waals surface area contributed by atoms with E-state index in [1.165, 1.54) is 25.7 Å². The molecule has 2 rings (SSSR count). The van der Waals surface area contributed by atoms with E-state index in [4.69, 9.17) is 4.74 Å². The highest BCUT2D eigenvalue weighted by atomic mass is 16.5. The number of hydrogen-bond donors (Lipinski definition) is 1. The molecule has 1 aromatic heterocycles. The number of ether oxygens (including phenoxy) is 1. The van der Waals surface area contributed by atoms with Crippen LogP contribution in [0.5, 0.6) is 0 Å². The van der Waals surface area contributed by atoms with Crippen LogP contribution in [-0.2, 0) is 4.74 Å². The quantitative estimate of drug-likeness (QED) is 0.832. The van der Waals surface area contributed by atoms with Gasteiger partial charge in [-0.05, 0) is 33.9 Å². The molecular formula is C15H28N4O. The maximum atomic E-state index is 5.23. The van der Waals surface area contributed by atoms with Crippen LogP contribution in [0.25, 0.3) is 0 Å². The first kappa shape index (κ1) is 15.3. The predicted molar refractivity (Wildman–Crippen MR) is 82.2 cm³/mol. The lowest BCUT2D eigenvalue weighted by molar-refractivity contribution is 0.161. The summed E-state index contributed by atoms with van der Waals surface area (Å²) in [6.07, 6.45) is 9.06. The Labute approximate surface area is 122 Å². The van der Waals surface area contributed by atoms with Crippen LogP contribution < -0.4 is 5.32 Å². The molecule has 1 heterocycles. The van der Waals surface area contributed by atoms with Crippen LogP contribution >= 0.6 is 0 Å². The Morgan fingerprint density at radius 2 is 2.15 bits per heavy atom. The van der Waals surface area contributed by atoms with E-state index in [0.717, 1.165) is 12.5 Å². The van der Waals surface area contributed by atoms with Crippen LogP contribution in [0, 0.1) is 0 Å². The Morgan fingerprint density at radius 3 is 2.75 bits per heavy atom. The molecule has 0 saturated heterocycles. The van der Waals surface area contributed by atoms with Crippen LogP contribution in [0.4, 0.5) is 5.95 Å². The molecule has 114 valence electrons. The zero-order chi connectivity index (χ0) is 14.6. The van der Waals surface area contributed by atoms with E-state index in [2.05, 4.69) is 40.8 Å². The van der Waals surface area contributed by atoms with Crippen molar-refractivity contribution in [2.24, 2.45) is 0 Å². The lowest BCUT2D eigenvalue weighted by Crippen LogP contribution is -2.47. The molecule has 1 saturated carbocycles. The van der Waals surface area contributed by atoms with Gasteiger partial charge in [-0.25, -0.2) is 4.98 Å². The summed E-state index contributed by atoms with van der Waals surface area (Å²) in [7, 11) is 6.11. The summed E-state index contributed by atoms with van der Waals surface area (Å²) in [5.74, 6) is 0.947. The van der Waals surface area contributed by atoms with Gasteiger partial charge in [-0.15, -0.1) is 0 Å². The van der Waals surface area contributed by atoms with Crippen LogP contribution in [-0.4, -0.2) is 54.3 Å². The van der Waals surface area contributed by atoms with Crippen LogP contribution in [0.1, 0.15) is 38.6 Å². The normalized spacial score (nSPS) is 19.4. The third-order valence-electron chi connectivity index (χ3n) is 4.61. The van der Waals surface area contributed by atoms with E-state index in [9.17, 15) is 0 Å². The minimum Gasteiger partial charge on any atom is -0.383 e. The van der Waals surface area contributed by atoms with Crippen LogP contribution in [0.2, 0.25) is 0 Å². The van der Waals surface area contributed by atoms with Gasteiger partial charge in [-0.3, -0.25) is 0 Å². The van der Waals surface area contributed by atoms with Gasteiger partial charge in [0.15, 0.2) is 0 Å². The molecule has 0 radical (unpaired) electrons. The first-order valence-electron chi connectivity index (χ1n) is 7.52. The molecule has 0 aliphatic heterocycles. The highest BCUT2D eigenvalue weighted by molar-refractivity contribution is 5.28. The highest BCUT2D eigenvalue weighted by Gasteiger charge is 2.35. The smallest absolute Gasteiger partial charge is 0.203 e. The lowest BCUT2D eigenvalue weighted by Gasteiger charge is -2.36. The molecule has 0 bridgehead atoms. The fourth-order valence-corrected chi connectivity index (χ4v) is 3.19. The summed E-state index contributed by atoms with van der Waals surface area (Å²) >= 11 is 0. The molecule has 1 unspecified atom stereocenters. The fraction of sp³-hybridized carbons (Fsp3) is 0.800. The number of imidazole rings is 1. The van der Waals surface area contributed by atoms with Crippen molar-refractivity contribution in [2.75, 3.05) is 39.7 Å². The molecule has 5 nitrogen and oxygen atoms in total. The van der Waals surface area contributed by atoms with E-state index in [1.807, 2.05) is 12.4 Å². The SMILES string of the molecule is COCC(C)n1ccnc1NCC1(N(C)C)CCCC1. The second kappa shape index (κ2) is 6.59. The monoisotopic (exact) mass is 280 g/mol. The van der Waals surface area contributed by atoms with Gasteiger partial charge in [0.05, 0.1) is 12.6 Å². The van der Waals surface area contributed by atoms with Crippen molar-refractivity contribution in [3.8, 4) is 0 Å². The Balaban J connectivity index is 2.02. The first-order valence-corrected chi connectivity index (χ1v) is 7.52. The minimum atomic E-state index is 0.279. The number of nitrogens with one attached hydrogen (secondary N) is 1. The van der Waals surface area contributed by atoms with Crippen LogP contribution in [0.3, 0.4) is 0 Å². The topological polar surface area (TPSA) is 42.3 Å². The number of likely N-dealkylation sites (N-methyl/N-ethyl adjacent to an activating group) is 1. The molecule has 0 amide bonds. The zero-order valence-electron chi connectivity index (χ0n) is 13.2. The van der Waals surface area contributed by atoms with E-state index in [-0.39, 0.29) is 5.54 Å². The average Bonchev–Trinajstić information content (AvgIpc) is 3.06. The van der Waals surface area contributed by atoms with Gasteiger partial charge in [0.2, 0.25) is 5.95 Å². The molecule has 0 aromatic carbocycles. The summed E-state index contributed by atoms with van der Waals surface area (Å²) in [6, 6.07) is 0.295. The number of methoxy groups -OCH3 is 1. The largest absolute Gasteiger partial charge is 0.383 e. The molecule has 5 heteroatoms. The van der Waals surface area contributed by atoms with Crippen LogP contribution in [0.15, 0.2) is 12.4 Å². The minimum absolute atomic E-state index is 0.279. The van der Waals surface area contributed by atoms with Crippen molar-refractivity contribution < 1.29 is 4.74 Å². The number of anilines is 1. The molecule has 1 fully saturated rings. The molecule has 20 heavy (non-hydrogen) atoms. The molecule has 1 aromatic rings. The van der Waals surface area contributed by atoms with Gasteiger partial charge in [0.1, 0.15) is 0 Å². The van der Waals surface area contributed by atoms with Crippen molar-refractivity contribution in [1.29, 1.82) is 0 Å². The lowest BCUT2D eigenvalue weighted by atomic mass is 9.96. The van der Waals surface area contributed by atoms with Crippen molar-refractivity contribution >= 4 is 5.95 Å². The molecule has 1 aliphatic rings. The van der Waals surface area contributed by atoms with E-state index in [0.29, 0.717) is 12.6 Å². The second-order valence-electron chi connectivity index (χ2n) is 6.14. The molecule has 1 aliphatic carbocycles. The van der Waals surface area contributed by atoms with E-state index < -0.39 is 0 Å². The number of nitrogens with zero attached hydrogens (tertiary/aromatic N) is 3. The van der Waals surface area contributed by atoms with Gasteiger partial charge in [0.25, 0.3) is 0 Å². The Morgan fingerprint density at radius 1 is 1.45 bits per heavy atom. The molecular weight excluding hydrogens is 252 g/mol. The molecule has 1 N–H and O–H groups in total. The Hall–Kier alpha value is -1.07. The van der Waals surface area contributed by atoms with E-state index >= 15 is 0 Å². The summed E-state index contributed by atoms with van der Waals surface area (Å²) in [5.41, 5.74) is 0.279. The third-order valence-corrected chi connectivity index (χ3v) is 4.61. The number of rotatable bonds is 7. The van der Waals surface area contributed by atoms with Crippen molar-refractivity contribution in [3.63, 3.8) is 0 Å². The van der Waals surface area contributed by atoms with Crippen molar-refractivity contribution in [1.82, 2.24) is 14.5 Å². The summed E-state index contributed by atoms with van der Waals surface area (Å²) in [6.45, 7) is 3.80. The summed E-state index contributed by atoms with van der Waals surface area (Å²) in [4.78, 5) is 6.82. The van der Waals surface area contributed by atoms with Crippen molar-refractivity contribution in [3.05, 3.63) is 12.4 Å². The van der Waals surface area contributed by atoms with E-state index in [1.54, 1.807) is 7.11 Å². The standard InChI is InChI=1S/C15H28N4O/c1-13(11-20-4)19-10-9-16-14(19)17-12-15(18(2)3)7-5-6-8-15/h9-10,13H,5-8,11-12H2,1-4H3,(H,16,17). The number of aromatic nitrogens is 2. The van der Waals surface area contributed by atoms with Crippen molar-refractivity contribution in [2.45, 2.75) is 44.2 Å². The maximum Gasteiger partial charge on any atom is 0.203 e. The third kappa shape index (κ3) is 3.15. The van der Waals surface area contributed by atoms with Gasteiger partial charge >= 0.3 is 0 Å². The van der Waals surface area contributed by atoms with Gasteiger partial charge in [-0.1, -0.05) is 12.8 Å². The number of hydrogen-bond acceptors (Lipinski definition) is 4. The van der Waals surface area contributed by atoms with Gasteiger partial charge in [-0.2, -0.15) is 0 Å². The summed E-state index contributed by atoms with van der Waals surface area (Å²) < 4.78 is 7.39. The highest BCUT2D eigenvalue weighted by Crippen LogP contribution is 2.33. The first-order chi connectivity index (χ1) is 9.59. The Bertz CT molecular complexity index is 410.